The molecule has 0 aromatic carbocycles. The maximum absolute atomic E-state index is 12.3. The van der Waals surface area contributed by atoms with Gasteiger partial charge in [-0.05, 0) is 6.07 Å². The molecule has 0 bridgehead atoms. The summed E-state index contributed by atoms with van der Waals surface area (Å²) in [6.45, 7) is 4.94. The van der Waals surface area contributed by atoms with Crippen molar-refractivity contribution >= 4 is 10.0 Å². The maximum atomic E-state index is 12.3. The second-order valence-electron chi connectivity index (χ2n) is 5.24. The van der Waals surface area contributed by atoms with E-state index in [1.54, 1.807) is 24.7 Å². The Morgan fingerprint density at radius 1 is 1.38 bits per heavy atom. The minimum Gasteiger partial charge on any atom is -0.352 e. The minimum absolute atomic E-state index is 0.216. The molecule has 0 spiro atoms. The molecule has 2 rings (SSSR count). The summed E-state index contributed by atoms with van der Waals surface area (Å²) < 4.78 is 28.9. The largest absolute Gasteiger partial charge is 0.352 e. The smallest absolute Gasteiger partial charge is 0.242 e. The van der Waals surface area contributed by atoms with Gasteiger partial charge in [-0.2, -0.15) is 5.10 Å². The summed E-state index contributed by atoms with van der Waals surface area (Å²) in [5.41, 5.74) is 1.71. The number of sulfonamides is 1. The van der Waals surface area contributed by atoms with E-state index in [1.807, 2.05) is 25.5 Å². The van der Waals surface area contributed by atoms with Crippen LogP contribution < -0.4 is 10.0 Å². The van der Waals surface area contributed by atoms with Crippen molar-refractivity contribution in [2.75, 3.05) is 0 Å². The molecule has 2 heterocycles. The summed E-state index contributed by atoms with van der Waals surface area (Å²) in [5, 5.41) is 9.70. The average Bonchev–Trinajstić information content (AvgIpc) is 3.04. The van der Waals surface area contributed by atoms with Crippen LogP contribution >= 0.6 is 0 Å². The van der Waals surface area contributed by atoms with Crippen molar-refractivity contribution in [2.24, 2.45) is 7.05 Å². The van der Waals surface area contributed by atoms with Gasteiger partial charge in [0, 0.05) is 49.8 Å². The van der Waals surface area contributed by atoms with E-state index in [1.165, 1.54) is 0 Å². The van der Waals surface area contributed by atoms with E-state index >= 15 is 0 Å². The lowest BCUT2D eigenvalue weighted by Gasteiger charge is -2.08. The van der Waals surface area contributed by atoms with Gasteiger partial charge in [-0.3, -0.25) is 5.10 Å². The lowest BCUT2D eigenvalue weighted by atomic mass is 10.3. The number of rotatable bonds is 7. The summed E-state index contributed by atoms with van der Waals surface area (Å²) in [5.74, 6) is 0. The molecule has 7 nitrogen and oxygen atoms in total. The van der Waals surface area contributed by atoms with Gasteiger partial charge in [-0.1, -0.05) is 13.8 Å². The molecule has 0 amide bonds. The Hall–Kier alpha value is -1.64. The van der Waals surface area contributed by atoms with Gasteiger partial charge in [0.15, 0.2) is 0 Å². The van der Waals surface area contributed by atoms with E-state index in [9.17, 15) is 8.42 Å². The topological polar surface area (TPSA) is 91.8 Å². The summed E-state index contributed by atoms with van der Waals surface area (Å²) in [6, 6.07) is 2.03. The first-order valence-corrected chi connectivity index (χ1v) is 8.23. The van der Waals surface area contributed by atoms with Crippen molar-refractivity contribution < 1.29 is 8.42 Å². The molecule has 8 heteroatoms. The first kappa shape index (κ1) is 15.7. The van der Waals surface area contributed by atoms with Crippen LogP contribution in [0.3, 0.4) is 0 Å². The van der Waals surface area contributed by atoms with E-state index in [0.717, 1.165) is 11.3 Å². The summed E-state index contributed by atoms with van der Waals surface area (Å²) in [6.07, 6.45) is 4.87. The molecule has 0 atom stereocenters. The third-order valence-electron chi connectivity index (χ3n) is 3.11. The highest BCUT2D eigenvalue weighted by Gasteiger charge is 2.17. The van der Waals surface area contributed by atoms with Gasteiger partial charge in [0.1, 0.15) is 0 Å². The molecule has 0 aliphatic heterocycles. The normalized spacial score (nSPS) is 12.2. The molecule has 21 heavy (non-hydrogen) atoms. The van der Waals surface area contributed by atoms with Crippen molar-refractivity contribution in [3.05, 3.63) is 35.9 Å². The molecule has 0 radical (unpaired) electrons. The van der Waals surface area contributed by atoms with Gasteiger partial charge in [0.2, 0.25) is 10.0 Å². The molecular formula is C13H21N5O2S. The van der Waals surface area contributed by atoms with Crippen LogP contribution in [0, 0.1) is 0 Å². The highest BCUT2D eigenvalue weighted by atomic mass is 32.2. The molecule has 3 N–H and O–H groups in total. The molecule has 0 fully saturated rings. The predicted octanol–water partition coefficient (Wildman–Crippen LogP) is 0.725. The Morgan fingerprint density at radius 3 is 2.76 bits per heavy atom. The van der Waals surface area contributed by atoms with Crippen molar-refractivity contribution in [2.45, 2.75) is 37.9 Å². The van der Waals surface area contributed by atoms with Crippen LogP contribution in [0.4, 0.5) is 0 Å². The standard InChI is InChI=1S/C13H21N5O2S/c1-10(2)14-8-12-4-13(9-18(12)3)21(19,20)17-7-11-5-15-16-6-11/h4-6,9-10,14,17H,7-8H2,1-3H3,(H,15,16). The monoisotopic (exact) mass is 311 g/mol. The Bertz CT molecular complexity index is 673. The van der Waals surface area contributed by atoms with E-state index < -0.39 is 10.0 Å². The minimum atomic E-state index is -3.52. The van der Waals surface area contributed by atoms with Crippen LogP contribution in [-0.4, -0.2) is 29.2 Å². The first-order valence-electron chi connectivity index (χ1n) is 6.74. The zero-order valence-electron chi connectivity index (χ0n) is 12.4. The third kappa shape index (κ3) is 4.16. The Morgan fingerprint density at radius 2 is 2.14 bits per heavy atom. The lowest BCUT2D eigenvalue weighted by Crippen LogP contribution is -2.23. The Labute approximate surface area is 124 Å². The average molecular weight is 311 g/mol. The number of H-pyrrole nitrogens is 1. The van der Waals surface area contributed by atoms with Crippen LogP contribution in [0.1, 0.15) is 25.1 Å². The zero-order valence-corrected chi connectivity index (χ0v) is 13.2. The lowest BCUT2D eigenvalue weighted by molar-refractivity contribution is 0.571. The summed E-state index contributed by atoms with van der Waals surface area (Å²) >= 11 is 0. The molecular weight excluding hydrogens is 290 g/mol. The van der Waals surface area contributed by atoms with Gasteiger partial charge < -0.3 is 9.88 Å². The number of nitrogens with one attached hydrogen (secondary N) is 3. The summed E-state index contributed by atoms with van der Waals surface area (Å²) in [4.78, 5) is 0.272. The number of aromatic nitrogens is 3. The fraction of sp³-hybridized carbons (Fsp3) is 0.462. The van der Waals surface area contributed by atoms with Crippen LogP contribution in [-0.2, 0) is 30.2 Å². The molecule has 2 aromatic heterocycles. The van der Waals surface area contributed by atoms with Crippen LogP contribution in [0.25, 0.3) is 0 Å². The van der Waals surface area contributed by atoms with Gasteiger partial charge in [0.05, 0.1) is 11.1 Å². The van der Waals surface area contributed by atoms with Crippen molar-refractivity contribution in [3.63, 3.8) is 0 Å². The molecule has 0 saturated carbocycles. The van der Waals surface area contributed by atoms with Crippen LogP contribution in [0.5, 0.6) is 0 Å². The van der Waals surface area contributed by atoms with Gasteiger partial charge in [-0.15, -0.1) is 0 Å². The molecule has 0 aliphatic carbocycles. The summed E-state index contributed by atoms with van der Waals surface area (Å²) in [7, 11) is -1.68. The fourth-order valence-corrected chi connectivity index (χ4v) is 2.96. The zero-order chi connectivity index (χ0) is 15.5. The third-order valence-corrected chi connectivity index (χ3v) is 4.47. The first-order chi connectivity index (χ1) is 9.88. The molecule has 0 unspecified atom stereocenters. The van der Waals surface area contributed by atoms with Gasteiger partial charge >= 0.3 is 0 Å². The second kappa shape index (κ2) is 6.42. The highest BCUT2D eigenvalue weighted by Crippen LogP contribution is 2.14. The molecule has 2 aromatic rings. The number of hydrogen-bond donors (Lipinski definition) is 3. The molecule has 0 aliphatic rings. The highest BCUT2D eigenvalue weighted by molar-refractivity contribution is 7.89. The number of nitrogens with zero attached hydrogens (tertiary/aromatic N) is 2. The van der Waals surface area contributed by atoms with Gasteiger partial charge in [0.25, 0.3) is 0 Å². The fourth-order valence-electron chi connectivity index (χ4n) is 1.84. The Kier molecular flexibility index (Phi) is 4.81. The van der Waals surface area contributed by atoms with Crippen LogP contribution in [0.2, 0.25) is 0 Å². The SMILES string of the molecule is CC(C)NCc1cc(S(=O)(=O)NCc2cn[nH]c2)cn1C. The molecule has 0 saturated heterocycles. The quantitative estimate of drug-likeness (QED) is 0.703. The maximum Gasteiger partial charge on any atom is 0.242 e. The number of hydrogen-bond acceptors (Lipinski definition) is 4. The van der Waals surface area contributed by atoms with Gasteiger partial charge in [-0.25, -0.2) is 13.1 Å². The number of aryl methyl sites for hydroxylation is 1. The Balaban J connectivity index is 2.07. The van der Waals surface area contributed by atoms with E-state index in [2.05, 4.69) is 20.2 Å². The van der Waals surface area contributed by atoms with Crippen molar-refractivity contribution in [3.8, 4) is 0 Å². The van der Waals surface area contributed by atoms with Crippen LogP contribution in [0.15, 0.2) is 29.6 Å². The van der Waals surface area contributed by atoms with Crippen molar-refractivity contribution in [1.82, 2.24) is 24.8 Å². The second-order valence-corrected chi connectivity index (χ2v) is 7.01. The number of aromatic amines is 1. The van der Waals surface area contributed by atoms with Crippen molar-refractivity contribution in [1.29, 1.82) is 0 Å². The molecule has 116 valence electrons. The van der Waals surface area contributed by atoms with E-state index in [0.29, 0.717) is 12.6 Å². The predicted molar refractivity (Wildman–Crippen MR) is 80.0 cm³/mol. The van der Waals surface area contributed by atoms with E-state index in [4.69, 9.17) is 0 Å². The van der Waals surface area contributed by atoms with E-state index in [-0.39, 0.29) is 11.4 Å².